The Kier molecular flexibility index (Phi) is 5.65. The van der Waals surface area contributed by atoms with Crippen LogP contribution in [0.4, 0.5) is 0 Å². The van der Waals surface area contributed by atoms with E-state index in [2.05, 4.69) is 29.3 Å². The van der Waals surface area contributed by atoms with Crippen LogP contribution in [0, 0.1) is 18.8 Å². The summed E-state index contributed by atoms with van der Waals surface area (Å²) in [4.78, 5) is 14.6. The molecule has 2 aliphatic heterocycles. The molecule has 21 heavy (non-hydrogen) atoms. The number of carbonyl (C=O) groups excluding carboxylic acids is 1. The van der Waals surface area contributed by atoms with E-state index < -0.39 is 0 Å². The van der Waals surface area contributed by atoms with Crippen LogP contribution in [-0.2, 0) is 11.2 Å². The minimum Gasteiger partial charge on any atom is -0.342 e. The number of hydrogen-bond acceptors (Lipinski definition) is 2. The van der Waals surface area contributed by atoms with E-state index >= 15 is 0 Å². The zero-order chi connectivity index (χ0) is 13.9. The predicted molar refractivity (Wildman–Crippen MR) is 87.8 cm³/mol. The molecule has 0 saturated carbocycles. The Bertz CT molecular complexity index is 477. The molecule has 0 radical (unpaired) electrons. The first-order chi connectivity index (χ1) is 9.74. The summed E-state index contributed by atoms with van der Waals surface area (Å²) in [5.74, 6) is 1.87. The van der Waals surface area contributed by atoms with Crippen molar-refractivity contribution in [1.82, 2.24) is 10.2 Å². The molecular weight excluding hydrogens is 284 g/mol. The van der Waals surface area contributed by atoms with Crippen LogP contribution in [-0.4, -0.2) is 37.0 Å². The summed E-state index contributed by atoms with van der Waals surface area (Å²) >= 11 is 0. The van der Waals surface area contributed by atoms with E-state index in [4.69, 9.17) is 0 Å². The first-order valence-corrected chi connectivity index (χ1v) is 7.77. The molecule has 0 unspecified atom stereocenters. The van der Waals surface area contributed by atoms with Crippen molar-refractivity contribution in [3.8, 4) is 0 Å². The average Bonchev–Trinajstić information content (AvgIpc) is 2.80. The van der Waals surface area contributed by atoms with Gasteiger partial charge in [0.1, 0.15) is 0 Å². The standard InChI is InChI=1S/C17H24N2O.ClH/c1-13-4-2-3-5-14(13)10-17(20)19-8-6-15-11-18-12-16(15)7-9-19;/h2-5,15-16,18H,6-12H2,1H3;1H/t15-,16+;. The molecule has 2 aliphatic rings. The quantitative estimate of drug-likeness (QED) is 0.910. The van der Waals surface area contributed by atoms with Crippen molar-refractivity contribution in [3.05, 3.63) is 35.4 Å². The molecule has 1 aromatic carbocycles. The number of rotatable bonds is 2. The minimum absolute atomic E-state index is 0. The zero-order valence-corrected chi connectivity index (χ0v) is 13.5. The fourth-order valence-electron chi connectivity index (χ4n) is 3.55. The summed E-state index contributed by atoms with van der Waals surface area (Å²) in [5.41, 5.74) is 2.39. The van der Waals surface area contributed by atoms with Gasteiger partial charge in [-0.05, 0) is 55.8 Å². The van der Waals surface area contributed by atoms with Gasteiger partial charge in [-0.25, -0.2) is 0 Å². The fraction of sp³-hybridized carbons (Fsp3) is 0.588. The molecule has 2 atom stereocenters. The van der Waals surface area contributed by atoms with Gasteiger partial charge in [-0.15, -0.1) is 12.4 Å². The van der Waals surface area contributed by atoms with E-state index in [1.807, 2.05) is 12.1 Å². The number of halogens is 1. The molecule has 4 heteroatoms. The first-order valence-electron chi connectivity index (χ1n) is 7.77. The molecule has 116 valence electrons. The highest BCUT2D eigenvalue weighted by atomic mass is 35.5. The van der Waals surface area contributed by atoms with Crippen molar-refractivity contribution in [2.24, 2.45) is 11.8 Å². The van der Waals surface area contributed by atoms with Gasteiger partial charge in [0, 0.05) is 13.1 Å². The van der Waals surface area contributed by atoms with Gasteiger partial charge in [-0.3, -0.25) is 4.79 Å². The number of amides is 1. The number of aryl methyl sites for hydroxylation is 1. The molecular formula is C17H25ClN2O. The third kappa shape index (κ3) is 3.78. The highest BCUT2D eigenvalue weighted by Gasteiger charge is 2.31. The number of nitrogens with one attached hydrogen (secondary N) is 1. The van der Waals surface area contributed by atoms with Crippen LogP contribution in [0.2, 0.25) is 0 Å². The number of fused-ring (bicyclic) bond motifs is 1. The molecule has 0 aromatic heterocycles. The molecule has 1 amide bonds. The molecule has 1 N–H and O–H groups in total. The second-order valence-electron chi connectivity index (χ2n) is 6.24. The summed E-state index contributed by atoms with van der Waals surface area (Å²) in [6.45, 7) is 6.25. The van der Waals surface area contributed by atoms with Crippen LogP contribution in [0.3, 0.4) is 0 Å². The van der Waals surface area contributed by atoms with E-state index in [0.717, 1.165) is 50.9 Å². The molecule has 2 saturated heterocycles. The van der Waals surface area contributed by atoms with Gasteiger partial charge < -0.3 is 10.2 Å². The van der Waals surface area contributed by atoms with Gasteiger partial charge in [0.15, 0.2) is 0 Å². The number of benzene rings is 1. The van der Waals surface area contributed by atoms with Gasteiger partial charge in [0.25, 0.3) is 0 Å². The molecule has 0 bridgehead atoms. The fourth-order valence-corrected chi connectivity index (χ4v) is 3.55. The van der Waals surface area contributed by atoms with E-state index in [-0.39, 0.29) is 12.4 Å². The van der Waals surface area contributed by atoms with Crippen molar-refractivity contribution in [2.75, 3.05) is 26.2 Å². The van der Waals surface area contributed by atoms with Gasteiger partial charge >= 0.3 is 0 Å². The summed E-state index contributed by atoms with van der Waals surface area (Å²) in [6, 6.07) is 8.21. The molecule has 3 rings (SSSR count). The third-order valence-electron chi connectivity index (χ3n) is 4.97. The smallest absolute Gasteiger partial charge is 0.226 e. The van der Waals surface area contributed by atoms with Crippen LogP contribution in [0.25, 0.3) is 0 Å². The SMILES string of the molecule is Cc1ccccc1CC(=O)N1CC[C@@H]2CNC[C@@H]2CC1.Cl. The normalized spacial score (nSPS) is 24.9. The van der Waals surface area contributed by atoms with Crippen LogP contribution < -0.4 is 5.32 Å². The highest BCUT2D eigenvalue weighted by Crippen LogP contribution is 2.27. The van der Waals surface area contributed by atoms with Crippen molar-refractivity contribution in [3.63, 3.8) is 0 Å². The van der Waals surface area contributed by atoms with Crippen molar-refractivity contribution >= 4 is 18.3 Å². The second kappa shape index (κ2) is 7.28. The molecule has 2 heterocycles. The van der Waals surface area contributed by atoms with Crippen LogP contribution in [0.5, 0.6) is 0 Å². The minimum atomic E-state index is 0. The zero-order valence-electron chi connectivity index (χ0n) is 12.7. The maximum atomic E-state index is 12.5. The van der Waals surface area contributed by atoms with Gasteiger partial charge in [0.05, 0.1) is 6.42 Å². The molecule has 0 aliphatic carbocycles. The number of likely N-dealkylation sites (tertiary alicyclic amines) is 1. The Morgan fingerprint density at radius 2 is 1.81 bits per heavy atom. The summed E-state index contributed by atoms with van der Waals surface area (Å²) < 4.78 is 0. The van der Waals surface area contributed by atoms with Crippen molar-refractivity contribution in [2.45, 2.75) is 26.2 Å². The lowest BCUT2D eigenvalue weighted by Crippen LogP contribution is -2.34. The first kappa shape index (κ1) is 16.3. The van der Waals surface area contributed by atoms with Gasteiger partial charge in [-0.2, -0.15) is 0 Å². The summed E-state index contributed by atoms with van der Waals surface area (Å²) in [7, 11) is 0. The Morgan fingerprint density at radius 3 is 2.43 bits per heavy atom. The third-order valence-corrected chi connectivity index (χ3v) is 4.97. The van der Waals surface area contributed by atoms with Gasteiger partial charge in [-0.1, -0.05) is 24.3 Å². The number of hydrogen-bond donors (Lipinski definition) is 1. The lowest BCUT2D eigenvalue weighted by atomic mass is 9.92. The molecule has 0 spiro atoms. The second-order valence-corrected chi connectivity index (χ2v) is 6.24. The van der Waals surface area contributed by atoms with Crippen molar-refractivity contribution in [1.29, 1.82) is 0 Å². The Labute approximate surface area is 133 Å². The highest BCUT2D eigenvalue weighted by molar-refractivity contribution is 5.85. The maximum Gasteiger partial charge on any atom is 0.226 e. The van der Waals surface area contributed by atoms with E-state index in [1.165, 1.54) is 11.1 Å². The lowest BCUT2D eigenvalue weighted by molar-refractivity contribution is -0.130. The Morgan fingerprint density at radius 1 is 1.19 bits per heavy atom. The van der Waals surface area contributed by atoms with Crippen LogP contribution in [0.15, 0.2) is 24.3 Å². The molecule has 2 fully saturated rings. The van der Waals surface area contributed by atoms with E-state index in [9.17, 15) is 4.79 Å². The summed E-state index contributed by atoms with van der Waals surface area (Å²) in [6.07, 6.45) is 2.88. The predicted octanol–water partition coefficient (Wildman–Crippen LogP) is 2.42. The Hall–Kier alpha value is -1.06. The summed E-state index contributed by atoms with van der Waals surface area (Å²) in [5, 5.41) is 3.48. The van der Waals surface area contributed by atoms with Crippen LogP contribution in [0.1, 0.15) is 24.0 Å². The van der Waals surface area contributed by atoms with E-state index in [1.54, 1.807) is 0 Å². The van der Waals surface area contributed by atoms with Gasteiger partial charge in [0.2, 0.25) is 5.91 Å². The number of carbonyl (C=O) groups is 1. The topological polar surface area (TPSA) is 32.3 Å². The average molecular weight is 309 g/mol. The lowest BCUT2D eigenvalue weighted by Gasteiger charge is -2.21. The maximum absolute atomic E-state index is 12.5. The van der Waals surface area contributed by atoms with E-state index in [0.29, 0.717) is 12.3 Å². The van der Waals surface area contributed by atoms with Crippen molar-refractivity contribution < 1.29 is 4.79 Å². The monoisotopic (exact) mass is 308 g/mol. The Balaban J connectivity index is 0.00000161. The molecule has 3 nitrogen and oxygen atoms in total. The number of nitrogens with zero attached hydrogens (tertiary/aromatic N) is 1. The van der Waals surface area contributed by atoms with Crippen LogP contribution >= 0.6 is 12.4 Å². The largest absolute Gasteiger partial charge is 0.342 e. The molecule has 1 aromatic rings.